The molecule has 0 spiro atoms. The first-order chi connectivity index (χ1) is 5.97. The molecule has 1 atom stereocenters. The minimum absolute atomic E-state index is 0.230. The average Bonchev–Trinajstić information content (AvgIpc) is 2.08. The lowest BCUT2D eigenvalue weighted by Crippen LogP contribution is -2.50. The Kier molecular flexibility index (Phi) is 2.81. The number of piperidine rings is 1. The molecule has 1 unspecified atom stereocenters. The number of carbonyl (C=O) groups is 1. The summed E-state index contributed by atoms with van der Waals surface area (Å²) in [5, 5.41) is 9.63. The van der Waals surface area contributed by atoms with Crippen molar-refractivity contribution in [2.24, 2.45) is 5.41 Å². The highest BCUT2D eigenvalue weighted by Crippen LogP contribution is 2.29. The molecular weight excluding hydrogens is 170 g/mol. The lowest BCUT2D eigenvalue weighted by Gasteiger charge is -2.40. The largest absolute Gasteiger partial charge is 0.453 e. The van der Waals surface area contributed by atoms with Crippen LogP contribution in [0.25, 0.3) is 0 Å². The Bertz CT molecular complexity index is 203. The Morgan fingerprint density at radius 1 is 1.62 bits per heavy atom. The van der Waals surface area contributed by atoms with Crippen LogP contribution in [0.4, 0.5) is 4.79 Å². The zero-order chi connectivity index (χ0) is 10.1. The fourth-order valence-corrected chi connectivity index (χ4v) is 1.63. The summed E-state index contributed by atoms with van der Waals surface area (Å²) in [6.07, 6.45) is -0.00405. The molecule has 1 aliphatic heterocycles. The maximum atomic E-state index is 11.2. The molecule has 76 valence electrons. The predicted molar refractivity (Wildman–Crippen MR) is 48.4 cm³/mol. The SMILES string of the molecule is COC(=O)N1CCC(O)C(C)(C)C1. The quantitative estimate of drug-likeness (QED) is 0.611. The van der Waals surface area contributed by atoms with Crippen LogP contribution < -0.4 is 0 Å². The molecule has 1 rings (SSSR count). The van der Waals surface area contributed by atoms with Crippen molar-refractivity contribution in [3.8, 4) is 0 Å². The smallest absolute Gasteiger partial charge is 0.409 e. The molecule has 1 heterocycles. The van der Waals surface area contributed by atoms with Gasteiger partial charge in [0.2, 0.25) is 0 Å². The van der Waals surface area contributed by atoms with Crippen molar-refractivity contribution in [3.63, 3.8) is 0 Å². The van der Waals surface area contributed by atoms with E-state index in [-0.39, 0.29) is 17.6 Å². The van der Waals surface area contributed by atoms with E-state index in [1.54, 1.807) is 4.90 Å². The number of hydrogen-bond acceptors (Lipinski definition) is 3. The average molecular weight is 187 g/mol. The van der Waals surface area contributed by atoms with Crippen molar-refractivity contribution in [1.29, 1.82) is 0 Å². The van der Waals surface area contributed by atoms with Gasteiger partial charge in [-0.1, -0.05) is 13.8 Å². The van der Waals surface area contributed by atoms with Crippen LogP contribution >= 0.6 is 0 Å². The molecule has 0 saturated carbocycles. The van der Waals surface area contributed by atoms with Crippen molar-refractivity contribution in [2.45, 2.75) is 26.4 Å². The minimum atomic E-state index is -0.326. The summed E-state index contributed by atoms with van der Waals surface area (Å²) >= 11 is 0. The third kappa shape index (κ3) is 2.12. The van der Waals surface area contributed by atoms with Gasteiger partial charge < -0.3 is 14.7 Å². The van der Waals surface area contributed by atoms with Crippen LogP contribution in [0.5, 0.6) is 0 Å². The minimum Gasteiger partial charge on any atom is -0.453 e. The van der Waals surface area contributed by atoms with E-state index >= 15 is 0 Å². The van der Waals surface area contributed by atoms with Gasteiger partial charge in [-0.25, -0.2) is 4.79 Å². The van der Waals surface area contributed by atoms with E-state index in [2.05, 4.69) is 4.74 Å². The third-order valence-electron chi connectivity index (χ3n) is 2.61. The van der Waals surface area contributed by atoms with E-state index < -0.39 is 0 Å². The summed E-state index contributed by atoms with van der Waals surface area (Å²) in [5.74, 6) is 0. The zero-order valence-corrected chi connectivity index (χ0v) is 8.41. The number of carbonyl (C=O) groups excluding carboxylic acids is 1. The Morgan fingerprint density at radius 3 is 2.69 bits per heavy atom. The van der Waals surface area contributed by atoms with Crippen molar-refractivity contribution < 1.29 is 14.6 Å². The van der Waals surface area contributed by atoms with Crippen LogP contribution in [0.15, 0.2) is 0 Å². The van der Waals surface area contributed by atoms with Gasteiger partial charge in [0, 0.05) is 18.5 Å². The van der Waals surface area contributed by atoms with Crippen LogP contribution in [0.2, 0.25) is 0 Å². The Morgan fingerprint density at radius 2 is 2.23 bits per heavy atom. The summed E-state index contributed by atoms with van der Waals surface area (Å²) in [4.78, 5) is 12.8. The van der Waals surface area contributed by atoms with Gasteiger partial charge in [0.05, 0.1) is 13.2 Å². The first-order valence-electron chi connectivity index (χ1n) is 4.48. The molecule has 13 heavy (non-hydrogen) atoms. The van der Waals surface area contributed by atoms with Gasteiger partial charge in [0.25, 0.3) is 0 Å². The predicted octanol–water partition coefficient (Wildman–Crippen LogP) is 0.846. The second-order valence-electron chi connectivity index (χ2n) is 4.18. The number of aliphatic hydroxyl groups is 1. The fourth-order valence-electron chi connectivity index (χ4n) is 1.63. The van der Waals surface area contributed by atoms with E-state index in [1.807, 2.05) is 13.8 Å². The van der Waals surface area contributed by atoms with E-state index in [0.717, 1.165) is 0 Å². The monoisotopic (exact) mass is 187 g/mol. The van der Waals surface area contributed by atoms with Crippen LogP contribution in [-0.2, 0) is 4.74 Å². The maximum Gasteiger partial charge on any atom is 0.409 e. The van der Waals surface area contributed by atoms with Gasteiger partial charge in [-0.05, 0) is 6.42 Å². The molecular formula is C9H17NO3. The fraction of sp³-hybridized carbons (Fsp3) is 0.889. The highest BCUT2D eigenvalue weighted by atomic mass is 16.5. The Hall–Kier alpha value is -0.770. The number of nitrogens with zero attached hydrogens (tertiary/aromatic N) is 1. The number of ether oxygens (including phenoxy) is 1. The van der Waals surface area contributed by atoms with Crippen LogP contribution in [0.1, 0.15) is 20.3 Å². The molecule has 1 amide bonds. The van der Waals surface area contributed by atoms with Crippen molar-refractivity contribution in [2.75, 3.05) is 20.2 Å². The highest BCUT2D eigenvalue weighted by Gasteiger charge is 2.36. The van der Waals surface area contributed by atoms with Gasteiger partial charge in [-0.2, -0.15) is 0 Å². The van der Waals surface area contributed by atoms with E-state index in [0.29, 0.717) is 19.5 Å². The van der Waals surface area contributed by atoms with Gasteiger partial charge >= 0.3 is 6.09 Å². The topological polar surface area (TPSA) is 49.8 Å². The molecule has 1 N–H and O–H groups in total. The normalized spacial score (nSPS) is 27.1. The lowest BCUT2D eigenvalue weighted by molar-refractivity contribution is -0.0207. The van der Waals surface area contributed by atoms with Crippen LogP contribution in [0.3, 0.4) is 0 Å². The number of likely N-dealkylation sites (tertiary alicyclic amines) is 1. The zero-order valence-electron chi connectivity index (χ0n) is 8.41. The molecule has 0 radical (unpaired) electrons. The van der Waals surface area contributed by atoms with E-state index in [1.165, 1.54) is 7.11 Å². The number of aliphatic hydroxyl groups excluding tert-OH is 1. The molecule has 1 saturated heterocycles. The molecule has 4 heteroatoms. The molecule has 4 nitrogen and oxygen atoms in total. The number of rotatable bonds is 0. The lowest BCUT2D eigenvalue weighted by atomic mass is 9.81. The van der Waals surface area contributed by atoms with Crippen molar-refractivity contribution in [3.05, 3.63) is 0 Å². The Labute approximate surface area is 78.5 Å². The molecule has 0 aromatic heterocycles. The first kappa shape index (κ1) is 10.3. The Balaban J connectivity index is 2.60. The number of amides is 1. The van der Waals surface area contributed by atoms with Gasteiger partial charge in [-0.3, -0.25) is 0 Å². The second kappa shape index (κ2) is 3.54. The van der Waals surface area contributed by atoms with Gasteiger partial charge in [0.15, 0.2) is 0 Å². The molecule has 1 aliphatic rings. The van der Waals surface area contributed by atoms with E-state index in [4.69, 9.17) is 0 Å². The number of hydrogen-bond donors (Lipinski definition) is 1. The molecule has 0 aliphatic carbocycles. The van der Waals surface area contributed by atoms with Crippen LogP contribution in [0, 0.1) is 5.41 Å². The van der Waals surface area contributed by atoms with Crippen LogP contribution in [-0.4, -0.2) is 42.4 Å². The first-order valence-corrected chi connectivity index (χ1v) is 4.48. The summed E-state index contributed by atoms with van der Waals surface area (Å²) < 4.78 is 4.62. The molecule has 0 aromatic carbocycles. The molecule has 1 fully saturated rings. The maximum absolute atomic E-state index is 11.2. The summed E-state index contributed by atoms with van der Waals surface area (Å²) in [6.45, 7) is 5.04. The highest BCUT2D eigenvalue weighted by molar-refractivity contribution is 5.67. The van der Waals surface area contributed by atoms with Gasteiger partial charge in [-0.15, -0.1) is 0 Å². The van der Waals surface area contributed by atoms with Crippen molar-refractivity contribution in [1.82, 2.24) is 4.90 Å². The van der Waals surface area contributed by atoms with Gasteiger partial charge in [0.1, 0.15) is 0 Å². The number of methoxy groups -OCH3 is 1. The van der Waals surface area contributed by atoms with E-state index in [9.17, 15) is 9.90 Å². The summed E-state index contributed by atoms with van der Waals surface area (Å²) in [7, 11) is 1.38. The second-order valence-corrected chi connectivity index (χ2v) is 4.18. The standard InChI is InChI=1S/C9H17NO3/c1-9(2)6-10(8(12)13-3)5-4-7(9)11/h7,11H,4-6H2,1-3H3. The molecule has 0 aromatic rings. The molecule has 0 bridgehead atoms. The third-order valence-corrected chi connectivity index (χ3v) is 2.61. The summed E-state index contributed by atoms with van der Waals surface area (Å²) in [5.41, 5.74) is -0.230. The van der Waals surface area contributed by atoms with Crippen molar-refractivity contribution >= 4 is 6.09 Å². The summed E-state index contributed by atoms with van der Waals surface area (Å²) in [6, 6.07) is 0.